The Labute approximate surface area is 161 Å². The molecule has 1 aliphatic heterocycles. The Kier molecular flexibility index (Phi) is 5.25. The maximum Gasteiger partial charge on any atom is 0.332 e. The number of nitrogens with one attached hydrogen (secondary N) is 1. The Hall–Kier alpha value is -2.05. The third-order valence-corrected chi connectivity index (χ3v) is 5.35. The molecule has 1 heterocycles. The zero-order chi connectivity index (χ0) is 18.9. The number of nitrogens with zero attached hydrogens (tertiary/aromatic N) is 2. The fourth-order valence-corrected chi connectivity index (χ4v) is 3.76. The third-order valence-electron chi connectivity index (χ3n) is 3.88. The second-order valence-electron chi connectivity index (χ2n) is 6.64. The van der Waals surface area contributed by atoms with E-state index in [1.807, 2.05) is 31.2 Å². The number of carbonyl (C=O) groups excluding carboxylic acids is 1. The molecule has 0 bridgehead atoms. The number of halogens is 2. The minimum absolute atomic E-state index is 0.0426. The van der Waals surface area contributed by atoms with E-state index in [0.29, 0.717) is 17.4 Å². The fourth-order valence-electron chi connectivity index (χ4n) is 2.55. The van der Waals surface area contributed by atoms with Gasteiger partial charge in [0.15, 0.2) is 5.17 Å². The standard InChI is InChI=1S/C19H19ClFN3OS/c1-12-6-4-5-7-16(12)24(18-22-11-19(2,3)26-18)17(25)23-13-8-9-15(21)14(20)10-13/h4-10H,11H2,1-3H3,(H,23,25). The molecule has 0 aromatic heterocycles. The van der Waals surface area contributed by atoms with Gasteiger partial charge in [-0.15, -0.1) is 0 Å². The first kappa shape index (κ1) is 18.7. The summed E-state index contributed by atoms with van der Waals surface area (Å²) in [5, 5.41) is 3.37. The van der Waals surface area contributed by atoms with Crippen molar-refractivity contribution in [3.8, 4) is 0 Å². The topological polar surface area (TPSA) is 44.7 Å². The molecule has 1 aliphatic rings. The highest BCUT2D eigenvalue weighted by molar-refractivity contribution is 8.15. The van der Waals surface area contributed by atoms with E-state index in [2.05, 4.69) is 24.2 Å². The Morgan fingerprint density at radius 3 is 2.65 bits per heavy atom. The van der Waals surface area contributed by atoms with Crippen LogP contribution in [0.25, 0.3) is 0 Å². The van der Waals surface area contributed by atoms with Crippen molar-refractivity contribution in [1.29, 1.82) is 0 Å². The van der Waals surface area contributed by atoms with E-state index in [4.69, 9.17) is 11.6 Å². The quantitative estimate of drug-likeness (QED) is 0.712. The van der Waals surface area contributed by atoms with Gasteiger partial charge in [-0.1, -0.05) is 41.6 Å². The summed E-state index contributed by atoms with van der Waals surface area (Å²) in [4.78, 5) is 19.2. The van der Waals surface area contributed by atoms with E-state index in [1.54, 1.807) is 16.7 Å². The number of amidine groups is 1. The average Bonchev–Trinajstić information content (AvgIpc) is 2.93. The van der Waals surface area contributed by atoms with Crippen LogP contribution in [-0.2, 0) is 0 Å². The molecule has 7 heteroatoms. The minimum atomic E-state index is -0.530. The Morgan fingerprint density at radius 1 is 1.31 bits per heavy atom. The van der Waals surface area contributed by atoms with Crippen LogP contribution in [0, 0.1) is 12.7 Å². The molecule has 3 rings (SSSR count). The summed E-state index contributed by atoms with van der Waals surface area (Å²) in [6.07, 6.45) is 0. The van der Waals surface area contributed by atoms with Crippen LogP contribution in [0.15, 0.2) is 47.5 Å². The fraction of sp³-hybridized carbons (Fsp3) is 0.263. The molecular weight excluding hydrogens is 373 g/mol. The van der Waals surface area contributed by atoms with Gasteiger partial charge in [-0.05, 0) is 50.6 Å². The molecule has 0 radical (unpaired) electrons. The lowest BCUT2D eigenvalue weighted by Crippen LogP contribution is -2.39. The first-order valence-corrected chi connectivity index (χ1v) is 9.31. The number of hydrogen-bond acceptors (Lipinski definition) is 3. The molecule has 26 heavy (non-hydrogen) atoms. The number of thioether (sulfide) groups is 1. The van der Waals surface area contributed by atoms with Crippen LogP contribution in [0.2, 0.25) is 5.02 Å². The number of amides is 2. The van der Waals surface area contributed by atoms with Crippen LogP contribution in [0.1, 0.15) is 19.4 Å². The lowest BCUT2D eigenvalue weighted by atomic mass is 10.2. The van der Waals surface area contributed by atoms with Gasteiger partial charge in [0.25, 0.3) is 0 Å². The van der Waals surface area contributed by atoms with Gasteiger partial charge in [0.2, 0.25) is 0 Å². The molecule has 4 nitrogen and oxygen atoms in total. The molecule has 1 N–H and O–H groups in total. The van der Waals surface area contributed by atoms with Gasteiger partial charge < -0.3 is 5.32 Å². The van der Waals surface area contributed by atoms with Gasteiger partial charge in [0, 0.05) is 10.4 Å². The highest BCUT2D eigenvalue weighted by Gasteiger charge is 2.34. The van der Waals surface area contributed by atoms with E-state index in [-0.39, 0.29) is 15.8 Å². The summed E-state index contributed by atoms with van der Waals surface area (Å²) in [6.45, 7) is 6.74. The predicted molar refractivity (Wildman–Crippen MR) is 108 cm³/mol. The van der Waals surface area contributed by atoms with Gasteiger partial charge in [0.05, 0.1) is 17.3 Å². The monoisotopic (exact) mass is 391 g/mol. The molecule has 2 aromatic rings. The highest BCUT2D eigenvalue weighted by Crippen LogP contribution is 2.36. The molecule has 0 atom stereocenters. The molecule has 0 aliphatic carbocycles. The smallest absolute Gasteiger partial charge is 0.307 e. The molecule has 0 spiro atoms. The average molecular weight is 392 g/mol. The SMILES string of the molecule is Cc1ccccc1N(C(=O)Nc1ccc(F)c(Cl)c1)C1=NCC(C)(C)S1. The zero-order valence-corrected chi connectivity index (χ0v) is 16.3. The van der Waals surface area contributed by atoms with Crippen molar-refractivity contribution >= 4 is 45.9 Å². The lowest BCUT2D eigenvalue weighted by Gasteiger charge is -2.25. The molecule has 0 saturated heterocycles. The molecule has 0 saturated carbocycles. The van der Waals surface area contributed by atoms with Gasteiger partial charge in [-0.2, -0.15) is 0 Å². The van der Waals surface area contributed by atoms with Gasteiger partial charge >= 0.3 is 6.03 Å². The van der Waals surface area contributed by atoms with Gasteiger partial charge in [0.1, 0.15) is 5.82 Å². The third kappa shape index (κ3) is 4.02. The molecule has 0 fully saturated rings. The first-order valence-electron chi connectivity index (χ1n) is 8.12. The number of rotatable bonds is 2. The number of urea groups is 1. The van der Waals surface area contributed by atoms with E-state index < -0.39 is 5.82 Å². The summed E-state index contributed by atoms with van der Waals surface area (Å²) >= 11 is 7.37. The molecule has 0 unspecified atom stereocenters. The van der Waals surface area contributed by atoms with E-state index in [0.717, 1.165) is 11.3 Å². The van der Waals surface area contributed by atoms with Crippen LogP contribution in [0.5, 0.6) is 0 Å². The van der Waals surface area contributed by atoms with E-state index >= 15 is 0 Å². The molecular formula is C19H19ClFN3OS. The molecule has 2 amide bonds. The number of para-hydroxylation sites is 1. The summed E-state index contributed by atoms with van der Waals surface area (Å²) in [7, 11) is 0. The van der Waals surface area contributed by atoms with Crippen LogP contribution in [0.3, 0.4) is 0 Å². The van der Waals surface area contributed by atoms with Crippen molar-refractivity contribution in [2.45, 2.75) is 25.5 Å². The number of aliphatic imine (C=N–C) groups is 1. The lowest BCUT2D eigenvalue weighted by molar-refractivity contribution is 0.259. The predicted octanol–water partition coefficient (Wildman–Crippen LogP) is 5.71. The minimum Gasteiger partial charge on any atom is -0.307 e. The number of benzene rings is 2. The summed E-state index contributed by atoms with van der Waals surface area (Å²) in [5.74, 6) is -0.530. The van der Waals surface area contributed by atoms with Crippen molar-refractivity contribution < 1.29 is 9.18 Å². The zero-order valence-electron chi connectivity index (χ0n) is 14.7. The first-order chi connectivity index (χ1) is 12.3. The van der Waals surface area contributed by atoms with Crippen molar-refractivity contribution in [2.75, 3.05) is 16.8 Å². The molecule has 136 valence electrons. The Morgan fingerprint density at radius 2 is 2.04 bits per heavy atom. The van der Waals surface area contributed by atoms with Crippen LogP contribution < -0.4 is 10.2 Å². The van der Waals surface area contributed by atoms with Gasteiger partial charge in [-0.3, -0.25) is 4.99 Å². The summed E-state index contributed by atoms with van der Waals surface area (Å²) in [5.41, 5.74) is 2.12. The second kappa shape index (κ2) is 7.29. The van der Waals surface area contributed by atoms with Crippen LogP contribution in [-0.4, -0.2) is 22.5 Å². The number of anilines is 2. The van der Waals surface area contributed by atoms with E-state index in [9.17, 15) is 9.18 Å². The van der Waals surface area contributed by atoms with Crippen molar-refractivity contribution in [3.05, 3.63) is 58.9 Å². The van der Waals surface area contributed by atoms with Gasteiger partial charge in [-0.25, -0.2) is 14.1 Å². The van der Waals surface area contributed by atoms with Crippen molar-refractivity contribution in [2.24, 2.45) is 4.99 Å². The Bertz CT molecular complexity index is 885. The number of carbonyl (C=O) groups is 1. The number of hydrogen-bond donors (Lipinski definition) is 1. The second-order valence-corrected chi connectivity index (χ2v) is 8.72. The number of aryl methyl sites for hydroxylation is 1. The summed E-state index contributed by atoms with van der Waals surface area (Å²) in [6, 6.07) is 11.3. The van der Waals surface area contributed by atoms with Crippen LogP contribution in [0.4, 0.5) is 20.6 Å². The van der Waals surface area contributed by atoms with Crippen molar-refractivity contribution in [1.82, 2.24) is 0 Å². The normalized spacial score (nSPS) is 15.5. The highest BCUT2D eigenvalue weighted by atomic mass is 35.5. The largest absolute Gasteiger partial charge is 0.332 e. The Balaban J connectivity index is 1.94. The molecule has 2 aromatic carbocycles. The van der Waals surface area contributed by atoms with Crippen molar-refractivity contribution in [3.63, 3.8) is 0 Å². The summed E-state index contributed by atoms with van der Waals surface area (Å²) < 4.78 is 13.3. The van der Waals surface area contributed by atoms with Crippen LogP contribution >= 0.6 is 23.4 Å². The maximum atomic E-state index is 13.4. The maximum absolute atomic E-state index is 13.4. The van der Waals surface area contributed by atoms with E-state index in [1.165, 1.54) is 18.2 Å².